The third kappa shape index (κ3) is 4.51. The number of amides is 1. The lowest BCUT2D eigenvalue weighted by atomic mass is 10.0. The lowest BCUT2D eigenvalue weighted by Gasteiger charge is -2.27. The van der Waals surface area contributed by atoms with Gasteiger partial charge in [0.25, 0.3) is 5.91 Å². The summed E-state index contributed by atoms with van der Waals surface area (Å²) in [5.41, 5.74) is -0.323. The monoisotopic (exact) mass is 280 g/mol. The summed E-state index contributed by atoms with van der Waals surface area (Å²) in [6, 6.07) is 7.75. The average molecular weight is 280 g/mol. The number of hydrogen-bond donors (Lipinski definition) is 2. The van der Waals surface area contributed by atoms with Gasteiger partial charge in [0.1, 0.15) is 11.4 Å². The maximum Gasteiger partial charge on any atom is 0.251 e. The summed E-state index contributed by atoms with van der Waals surface area (Å²) < 4.78 is 5.22. The molecular formula is C15H24N2O3. The van der Waals surface area contributed by atoms with Crippen molar-refractivity contribution >= 4 is 5.91 Å². The summed E-state index contributed by atoms with van der Waals surface area (Å²) in [5.74, 6) is 0.399. The highest BCUT2D eigenvalue weighted by molar-refractivity contribution is 5.83. The van der Waals surface area contributed by atoms with Gasteiger partial charge >= 0.3 is 0 Å². The number of methoxy groups -OCH3 is 1. The molecule has 0 saturated heterocycles. The molecule has 0 aromatic heterocycles. The molecule has 1 amide bonds. The van der Waals surface area contributed by atoms with E-state index in [0.29, 0.717) is 6.54 Å². The largest absolute Gasteiger partial charge is 0.497 e. The number of nitrogens with one attached hydrogen (secondary N) is 1. The van der Waals surface area contributed by atoms with Crippen LogP contribution in [0.15, 0.2) is 24.3 Å². The predicted molar refractivity (Wildman–Crippen MR) is 78.7 cm³/mol. The van der Waals surface area contributed by atoms with Crippen molar-refractivity contribution in [3.63, 3.8) is 0 Å². The number of carbonyl (C=O) groups is 1. The number of aliphatic hydroxyl groups is 1. The molecule has 5 heteroatoms. The molecule has 0 aliphatic rings. The summed E-state index contributed by atoms with van der Waals surface area (Å²) in [5, 5.41) is 12.4. The highest BCUT2D eigenvalue weighted by Gasteiger charge is 2.25. The van der Waals surface area contributed by atoms with Crippen LogP contribution in [-0.2, 0) is 4.79 Å². The van der Waals surface area contributed by atoms with Crippen LogP contribution >= 0.6 is 0 Å². The third-order valence-corrected chi connectivity index (χ3v) is 3.11. The van der Waals surface area contributed by atoms with Crippen molar-refractivity contribution in [2.45, 2.75) is 25.5 Å². The van der Waals surface area contributed by atoms with Crippen LogP contribution in [0.4, 0.5) is 0 Å². The van der Waals surface area contributed by atoms with Crippen LogP contribution in [0.5, 0.6) is 5.75 Å². The minimum absolute atomic E-state index is 0.0106. The second-order valence-corrected chi connectivity index (χ2v) is 5.53. The van der Waals surface area contributed by atoms with Crippen molar-refractivity contribution in [2.24, 2.45) is 0 Å². The van der Waals surface area contributed by atoms with E-state index in [0.717, 1.165) is 11.3 Å². The van der Waals surface area contributed by atoms with Crippen LogP contribution < -0.4 is 10.1 Å². The zero-order valence-corrected chi connectivity index (χ0v) is 12.8. The molecule has 1 aromatic rings. The van der Waals surface area contributed by atoms with Gasteiger partial charge in [-0.05, 0) is 45.6 Å². The lowest BCUT2D eigenvalue weighted by Crippen LogP contribution is -2.45. The summed E-state index contributed by atoms with van der Waals surface area (Å²) >= 11 is 0. The SMILES string of the molecule is COc1cccc(C(CNC(=O)C(C)(C)O)N(C)C)c1. The van der Waals surface area contributed by atoms with Gasteiger partial charge in [0.15, 0.2) is 0 Å². The second-order valence-electron chi connectivity index (χ2n) is 5.53. The van der Waals surface area contributed by atoms with Crippen molar-refractivity contribution in [3.05, 3.63) is 29.8 Å². The maximum absolute atomic E-state index is 11.7. The van der Waals surface area contributed by atoms with Crippen LogP contribution in [0.1, 0.15) is 25.5 Å². The van der Waals surface area contributed by atoms with Gasteiger partial charge in [0.2, 0.25) is 0 Å². The number of nitrogens with zero attached hydrogens (tertiary/aromatic N) is 1. The van der Waals surface area contributed by atoms with Gasteiger partial charge in [-0.1, -0.05) is 12.1 Å². The fourth-order valence-corrected chi connectivity index (χ4v) is 1.85. The summed E-state index contributed by atoms with van der Waals surface area (Å²) in [6.45, 7) is 3.36. The van der Waals surface area contributed by atoms with E-state index in [1.165, 1.54) is 13.8 Å². The molecule has 0 spiro atoms. The highest BCUT2D eigenvalue weighted by atomic mass is 16.5. The number of benzene rings is 1. The number of likely N-dealkylation sites (N-methyl/N-ethyl adjacent to an activating group) is 1. The van der Waals surface area contributed by atoms with Crippen LogP contribution in [0.2, 0.25) is 0 Å². The standard InChI is InChI=1S/C15H24N2O3/c1-15(2,19)14(18)16-10-13(17(3)4)11-7-6-8-12(9-11)20-5/h6-9,13,19H,10H2,1-5H3,(H,16,18). The molecule has 0 bridgehead atoms. The van der Waals surface area contributed by atoms with Crippen molar-refractivity contribution < 1.29 is 14.6 Å². The normalized spacial score (nSPS) is 13.2. The van der Waals surface area contributed by atoms with Crippen molar-refractivity contribution in [1.29, 1.82) is 0 Å². The molecule has 1 aromatic carbocycles. The molecule has 0 aliphatic carbocycles. The van der Waals surface area contributed by atoms with Gasteiger partial charge in [-0.3, -0.25) is 4.79 Å². The Bertz CT molecular complexity index is 453. The average Bonchev–Trinajstić information content (AvgIpc) is 2.37. The molecule has 2 N–H and O–H groups in total. The van der Waals surface area contributed by atoms with E-state index in [9.17, 15) is 9.90 Å². The molecule has 5 nitrogen and oxygen atoms in total. The maximum atomic E-state index is 11.7. The molecule has 112 valence electrons. The van der Waals surface area contributed by atoms with Crippen molar-refractivity contribution in [1.82, 2.24) is 10.2 Å². The fourth-order valence-electron chi connectivity index (χ4n) is 1.85. The number of carbonyl (C=O) groups excluding carboxylic acids is 1. The number of rotatable bonds is 6. The van der Waals surface area contributed by atoms with Gasteiger partial charge in [-0.2, -0.15) is 0 Å². The Morgan fingerprint density at radius 2 is 2.10 bits per heavy atom. The van der Waals surface area contributed by atoms with Crippen LogP contribution in [-0.4, -0.2) is 49.3 Å². The van der Waals surface area contributed by atoms with E-state index < -0.39 is 5.60 Å². The van der Waals surface area contributed by atoms with Crippen LogP contribution in [0.25, 0.3) is 0 Å². The van der Waals surface area contributed by atoms with E-state index in [1.807, 2.05) is 43.3 Å². The smallest absolute Gasteiger partial charge is 0.251 e. The van der Waals surface area contributed by atoms with E-state index in [4.69, 9.17) is 4.74 Å². The zero-order valence-electron chi connectivity index (χ0n) is 12.8. The van der Waals surface area contributed by atoms with Crippen LogP contribution in [0, 0.1) is 0 Å². The first-order valence-corrected chi connectivity index (χ1v) is 6.56. The molecule has 0 saturated carbocycles. The Labute approximate surface area is 120 Å². The molecule has 1 unspecified atom stereocenters. The van der Waals surface area contributed by atoms with Gasteiger partial charge in [-0.25, -0.2) is 0 Å². The summed E-state index contributed by atoms with van der Waals surface area (Å²) in [7, 11) is 5.51. The number of ether oxygens (including phenoxy) is 1. The van der Waals surface area contributed by atoms with E-state index >= 15 is 0 Å². The quantitative estimate of drug-likeness (QED) is 0.821. The first-order valence-electron chi connectivity index (χ1n) is 6.56. The van der Waals surface area contributed by atoms with E-state index in [1.54, 1.807) is 7.11 Å². The second kappa shape index (κ2) is 6.72. The van der Waals surface area contributed by atoms with Gasteiger partial charge in [0, 0.05) is 6.54 Å². The Morgan fingerprint density at radius 1 is 1.45 bits per heavy atom. The minimum atomic E-state index is -1.37. The molecule has 1 rings (SSSR count). The zero-order chi connectivity index (χ0) is 15.3. The highest BCUT2D eigenvalue weighted by Crippen LogP contribution is 2.22. The molecule has 0 aliphatic heterocycles. The van der Waals surface area contributed by atoms with Gasteiger partial charge < -0.3 is 20.1 Å². The molecule has 0 fully saturated rings. The predicted octanol–water partition coefficient (Wildman–Crippen LogP) is 1.18. The third-order valence-electron chi connectivity index (χ3n) is 3.11. The number of hydrogen-bond acceptors (Lipinski definition) is 4. The topological polar surface area (TPSA) is 61.8 Å². The van der Waals surface area contributed by atoms with Crippen LogP contribution in [0.3, 0.4) is 0 Å². The molecule has 0 heterocycles. The molecule has 20 heavy (non-hydrogen) atoms. The van der Waals surface area contributed by atoms with Crippen molar-refractivity contribution in [2.75, 3.05) is 27.7 Å². The summed E-state index contributed by atoms with van der Waals surface area (Å²) in [6.07, 6.45) is 0. The molecule has 0 radical (unpaired) electrons. The Kier molecular flexibility index (Phi) is 5.53. The minimum Gasteiger partial charge on any atom is -0.497 e. The van der Waals surface area contributed by atoms with Crippen molar-refractivity contribution in [3.8, 4) is 5.75 Å². The Hall–Kier alpha value is -1.59. The van der Waals surface area contributed by atoms with Gasteiger partial charge in [-0.15, -0.1) is 0 Å². The first kappa shape index (κ1) is 16.5. The van der Waals surface area contributed by atoms with Gasteiger partial charge in [0.05, 0.1) is 13.2 Å². The molecular weight excluding hydrogens is 256 g/mol. The van der Waals surface area contributed by atoms with E-state index in [-0.39, 0.29) is 11.9 Å². The lowest BCUT2D eigenvalue weighted by molar-refractivity contribution is -0.136. The Balaban J connectivity index is 2.82. The first-order chi connectivity index (χ1) is 9.25. The summed E-state index contributed by atoms with van der Waals surface area (Å²) in [4.78, 5) is 13.8. The fraction of sp³-hybridized carbons (Fsp3) is 0.533. The Morgan fingerprint density at radius 3 is 2.60 bits per heavy atom. The molecule has 1 atom stereocenters. The van der Waals surface area contributed by atoms with E-state index in [2.05, 4.69) is 5.32 Å².